The summed E-state index contributed by atoms with van der Waals surface area (Å²) in [6.07, 6.45) is 0. The third kappa shape index (κ3) is 4.12. The van der Waals surface area contributed by atoms with Crippen molar-refractivity contribution in [2.45, 2.75) is 20.1 Å². The number of anilines is 2. The van der Waals surface area contributed by atoms with Gasteiger partial charge in [-0.3, -0.25) is 4.90 Å². The number of aryl methyl sites for hydroxylation is 1. The van der Waals surface area contributed by atoms with Crippen molar-refractivity contribution in [2.24, 2.45) is 0 Å². The Hall–Kier alpha value is -3.94. The average molecular weight is 438 g/mol. The Balaban J connectivity index is 1.56. The van der Waals surface area contributed by atoms with Gasteiger partial charge in [0.1, 0.15) is 12.4 Å². The van der Waals surface area contributed by atoms with E-state index in [9.17, 15) is 18.4 Å². The van der Waals surface area contributed by atoms with Gasteiger partial charge in [-0.15, -0.1) is 0 Å². The molecule has 1 heterocycles. The van der Waals surface area contributed by atoms with Crippen molar-refractivity contribution in [2.75, 3.05) is 17.3 Å². The van der Waals surface area contributed by atoms with E-state index in [1.807, 2.05) is 6.92 Å². The van der Waals surface area contributed by atoms with Crippen LogP contribution in [0.4, 0.5) is 25.0 Å². The second-order valence-electron chi connectivity index (χ2n) is 7.33. The summed E-state index contributed by atoms with van der Waals surface area (Å²) in [5.74, 6) is -1.96. The van der Waals surface area contributed by atoms with Crippen LogP contribution in [0.15, 0.2) is 54.6 Å². The number of urea groups is 1. The van der Waals surface area contributed by atoms with E-state index in [0.29, 0.717) is 22.7 Å². The van der Waals surface area contributed by atoms with Crippen LogP contribution in [-0.2, 0) is 17.9 Å². The van der Waals surface area contributed by atoms with E-state index in [0.717, 1.165) is 17.2 Å². The maximum Gasteiger partial charge on any atom is 0.337 e. The molecule has 0 saturated carbocycles. The van der Waals surface area contributed by atoms with Crippen molar-refractivity contribution in [3.63, 3.8) is 0 Å². The summed E-state index contributed by atoms with van der Waals surface area (Å²) in [6.45, 7) is 1.98. The van der Waals surface area contributed by atoms with Crippen LogP contribution in [0, 0.1) is 18.6 Å². The van der Waals surface area contributed by atoms with Crippen molar-refractivity contribution < 1.29 is 27.8 Å². The Morgan fingerprint density at radius 2 is 1.94 bits per heavy atom. The van der Waals surface area contributed by atoms with Crippen LogP contribution >= 0.6 is 0 Å². The average Bonchev–Trinajstić information content (AvgIpc) is 2.79. The molecule has 3 aromatic rings. The molecule has 0 aromatic heterocycles. The van der Waals surface area contributed by atoms with Gasteiger partial charge in [-0.25, -0.2) is 18.4 Å². The zero-order valence-corrected chi connectivity index (χ0v) is 17.4. The molecule has 0 saturated heterocycles. The van der Waals surface area contributed by atoms with Crippen LogP contribution in [0.3, 0.4) is 0 Å². The Labute approximate surface area is 183 Å². The lowest BCUT2D eigenvalue weighted by Gasteiger charge is -2.31. The number of carbonyl (C=O) groups is 2. The number of rotatable bonds is 5. The topological polar surface area (TPSA) is 67.9 Å². The third-order valence-corrected chi connectivity index (χ3v) is 5.24. The molecule has 32 heavy (non-hydrogen) atoms. The lowest BCUT2D eigenvalue weighted by atomic mass is 10.1. The van der Waals surface area contributed by atoms with Gasteiger partial charge in [0.15, 0.2) is 11.6 Å². The van der Waals surface area contributed by atoms with Crippen molar-refractivity contribution in [1.29, 1.82) is 0 Å². The monoisotopic (exact) mass is 438 g/mol. The van der Waals surface area contributed by atoms with Gasteiger partial charge in [0.05, 0.1) is 24.9 Å². The van der Waals surface area contributed by atoms with E-state index in [2.05, 4.69) is 5.32 Å². The van der Waals surface area contributed by atoms with E-state index in [-0.39, 0.29) is 24.7 Å². The van der Waals surface area contributed by atoms with Crippen molar-refractivity contribution in [3.8, 4) is 5.75 Å². The lowest BCUT2D eigenvalue weighted by molar-refractivity contribution is 0.0600. The zero-order chi connectivity index (χ0) is 22.8. The minimum atomic E-state index is -0.946. The molecule has 2 amide bonds. The summed E-state index contributed by atoms with van der Waals surface area (Å²) in [6, 6.07) is 13.7. The van der Waals surface area contributed by atoms with Gasteiger partial charge in [0, 0.05) is 17.3 Å². The molecule has 8 heteroatoms. The summed E-state index contributed by atoms with van der Waals surface area (Å²) >= 11 is 0. The minimum absolute atomic E-state index is 0.0955. The normalized spacial score (nSPS) is 12.8. The SMILES string of the molecule is COC(=O)c1ccc2c(c1)NC(=O)N(c1cc(OCc3cccc(F)c3F)ccc1C)C2. The quantitative estimate of drug-likeness (QED) is 0.557. The zero-order valence-electron chi connectivity index (χ0n) is 17.4. The molecule has 0 aliphatic carbocycles. The first-order valence-corrected chi connectivity index (χ1v) is 9.83. The van der Waals surface area contributed by atoms with Gasteiger partial charge in [0.2, 0.25) is 0 Å². The lowest BCUT2D eigenvalue weighted by Crippen LogP contribution is -2.39. The highest BCUT2D eigenvalue weighted by Gasteiger charge is 2.26. The fourth-order valence-electron chi connectivity index (χ4n) is 3.49. The molecular formula is C24H20F2N2O4. The second-order valence-corrected chi connectivity index (χ2v) is 7.33. The molecule has 1 N–H and O–H groups in total. The van der Waals surface area contributed by atoms with Crippen molar-refractivity contribution in [1.82, 2.24) is 0 Å². The number of esters is 1. The first-order chi connectivity index (χ1) is 15.4. The maximum absolute atomic E-state index is 13.9. The number of hydrogen-bond acceptors (Lipinski definition) is 4. The standard InChI is InChI=1S/C24H20F2N2O4/c1-14-6-9-18(32-13-17-4-3-5-19(25)22(17)26)11-21(14)28-12-16-8-7-15(23(29)31-2)10-20(16)27-24(28)30/h3-11H,12-13H2,1-2H3,(H,27,30). The molecule has 164 valence electrons. The van der Waals surface area contributed by atoms with Crippen LogP contribution < -0.4 is 15.0 Å². The van der Waals surface area contributed by atoms with E-state index >= 15 is 0 Å². The number of hydrogen-bond donors (Lipinski definition) is 1. The van der Waals surface area contributed by atoms with E-state index < -0.39 is 17.6 Å². The number of carbonyl (C=O) groups excluding carboxylic acids is 2. The molecule has 4 rings (SSSR count). The number of amides is 2. The van der Waals surface area contributed by atoms with Crippen molar-refractivity contribution in [3.05, 3.63) is 88.5 Å². The number of benzene rings is 3. The molecule has 6 nitrogen and oxygen atoms in total. The fraction of sp³-hybridized carbons (Fsp3) is 0.167. The van der Waals surface area contributed by atoms with Gasteiger partial charge in [0.25, 0.3) is 0 Å². The molecular weight excluding hydrogens is 418 g/mol. The van der Waals surface area contributed by atoms with E-state index in [1.54, 1.807) is 41.3 Å². The van der Waals surface area contributed by atoms with Crippen LogP contribution in [0.5, 0.6) is 5.75 Å². The van der Waals surface area contributed by atoms with E-state index in [1.165, 1.54) is 19.2 Å². The highest BCUT2D eigenvalue weighted by atomic mass is 19.2. The minimum Gasteiger partial charge on any atom is -0.489 e. The van der Waals surface area contributed by atoms with Crippen LogP contribution in [0.25, 0.3) is 0 Å². The summed E-state index contributed by atoms with van der Waals surface area (Å²) in [4.78, 5) is 26.1. The molecule has 0 bridgehead atoms. The number of ether oxygens (including phenoxy) is 2. The van der Waals surface area contributed by atoms with Gasteiger partial charge >= 0.3 is 12.0 Å². The van der Waals surface area contributed by atoms with Gasteiger partial charge < -0.3 is 14.8 Å². The summed E-state index contributed by atoms with van der Waals surface area (Å²) in [5.41, 5.74) is 3.25. The predicted octanol–water partition coefficient (Wildman–Crippen LogP) is 5.19. The smallest absolute Gasteiger partial charge is 0.337 e. The summed E-state index contributed by atoms with van der Waals surface area (Å²) in [7, 11) is 1.29. The first kappa shape index (κ1) is 21.3. The first-order valence-electron chi connectivity index (χ1n) is 9.83. The predicted molar refractivity (Wildman–Crippen MR) is 115 cm³/mol. The third-order valence-electron chi connectivity index (χ3n) is 5.24. The molecule has 0 atom stereocenters. The summed E-state index contributed by atoms with van der Waals surface area (Å²) < 4.78 is 37.7. The van der Waals surface area contributed by atoms with E-state index in [4.69, 9.17) is 9.47 Å². The Bertz CT molecular complexity index is 1210. The molecule has 0 spiro atoms. The van der Waals surface area contributed by atoms with Crippen LogP contribution in [-0.4, -0.2) is 19.1 Å². The van der Waals surface area contributed by atoms with Crippen LogP contribution in [0.1, 0.15) is 27.0 Å². The molecule has 0 fully saturated rings. The number of nitrogens with zero attached hydrogens (tertiary/aromatic N) is 1. The Kier molecular flexibility index (Phi) is 5.77. The fourth-order valence-corrected chi connectivity index (χ4v) is 3.49. The highest BCUT2D eigenvalue weighted by Crippen LogP contribution is 2.33. The van der Waals surface area contributed by atoms with Gasteiger partial charge in [-0.1, -0.05) is 24.3 Å². The largest absolute Gasteiger partial charge is 0.489 e. The Morgan fingerprint density at radius 3 is 2.72 bits per heavy atom. The van der Waals surface area contributed by atoms with Crippen LogP contribution in [0.2, 0.25) is 0 Å². The number of methoxy groups -OCH3 is 1. The number of nitrogens with one attached hydrogen (secondary N) is 1. The second kappa shape index (κ2) is 8.66. The van der Waals surface area contributed by atoms with Crippen molar-refractivity contribution >= 4 is 23.4 Å². The number of fused-ring (bicyclic) bond motifs is 1. The van der Waals surface area contributed by atoms with Gasteiger partial charge in [-0.05, 0) is 42.3 Å². The Morgan fingerprint density at radius 1 is 1.12 bits per heavy atom. The highest BCUT2D eigenvalue weighted by molar-refractivity contribution is 6.05. The van der Waals surface area contributed by atoms with Gasteiger partial charge in [-0.2, -0.15) is 0 Å². The molecule has 1 aliphatic heterocycles. The molecule has 0 radical (unpaired) electrons. The number of halogens is 2. The molecule has 3 aromatic carbocycles. The maximum atomic E-state index is 13.9. The molecule has 1 aliphatic rings. The summed E-state index contributed by atoms with van der Waals surface area (Å²) in [5, 5.41) is 2.79. The molecule has 0 unspecified atom stereocenters.